The molecule has 0 radical (unpaired) electrons. The minimum absolute atomic E-state index is 0.0305. The summed E-state index contributed by atoms with van der Waals surface area (Å²) in [6.07, 6.45) is 9.40. The summed E-state index contributed by atoms with van der Waals surface area (Å²) in [5, 5.41) is 12.9. The van der Waals surface area contributed by atoms with Crippen molar-refractivity contribution in [1.82, 2.24) is 14.5 Å². The van der Waals surface area contributed by atoms with Crippen molar-refractivity contribution in [1.29, 1.82) is 0 Å². The molecule has 7 nitrogen and oxygen atoms in total. The van der Waals surface area contributed by atoms with E-state index in [2.05, 4.69) is 19.9 Å². The Labute approximate surface area is 157 Å². The lowest BCUT2D eigenvalue weighted by Gasteiger charge is -2.01. The lowest BCUT2D eigenvalue weighted by atomic mass is 10.2. The number of amides is 1. The highest BCUT2D eigenvalue weighted by Crippen LogP contribution is 2.33. The molecule has 0 bridgehead atoms. The first-order valence-corrected chi connectivity index (χ1v) is 9.95. The number of carboxylic acid groups (broad SMARTS) is 1. The van der Waals surface area contributed by atoms with Gasteiger partial charge in [0.1, 0.15) is 0 Å². The number of nitrogens with zero attached hydrogens (tertiary/aromatic N) is 3. The van der Waals surface area contributed by atoms with Crippen molar-refractivity contribution < 1.29 is 14.7 Å². The van der Waals surface area contributed by atoms with Crippen LogP contribution in [0.15, 0.2) is 35.1 Å². The Morgan fingerprint density at radius 1 is 1.38 bits per heavy atom. The number of thioether (sulfide) groups is 1. The summed E-state index contributed by atoms with van der Waals surface area (Å²) in [6, 6.07) is 1.85. The van der Waals surface area contributed by atoms with Gasteiger partial charge in [0.05, 0.1) is 33.4 Å². The number of fused-ring (bicyclic) bond motifs is 1. The van der Waals surface area contributed by atoms with Crippen LogP contribution in [-0.2, 0) is 11.3 Å². The van der Waals surface area contributed by atoms with E-state index in [0.29, 0.717) is 16.6 Å². The van der Waals surface area contributed by atoms with E-state index in [0.717, 1.165) is 21.7 Å². The van der Waals surface area contributed by atoms with Crippen LogP contribution in [0.1, 0.15) is 23.2 Å². The van der Waals surface area contributed by atoms with Crippen molar-refractivity contribution in [3.05, 3.63) is 36.4 Å². The van der Waals surface area contributed by atoms with Crippen LogP contribution in [-0.4, -0.2) is 37.3 Å². The fourth-order valence-electron chi connectivity index (χ4n) is 2.73. The van der Waals surface area contributed by atoms with E-state index >= 15 is 0 Å². The minimum Gasteiger partial charge on any atom is -0.481 e. The minimum atomic E-state index is -0.883. The van der Waals surface area contributed by atoms with Crippen molar-refractivity contribution in [3.8, 4) is 0 Å². The van der Waals surface area contributed by atoms with Gasteiger partial charge in [0.2, 0.25) is 0 Å². The Morgan fingerprint density at radius 3 is 3.00 bits per heavy atom. The maximum atomic E-state index is 12.7. The molecule has 3 aromatic rings. The number of hydrogen-bond donors (Lipinski definition) is 2. The third kappa shape index (κ3) is 3.73. The van der Waals surface area contributed by atoms with E-state index in [4.69, 9.17) is 5.11 Å². The normalized spacial score (nSPS) is 13.8. The van der Waals surface area contributed by atoms with Crippen LogP contribution in [0.5, 0.6) is 0 Å². The molecular weight excluding hydrogens is 372 g/mol. The largest absolute Gasteiger partial charge is 0.481 e. The summed E-state index contributed by atoms with van der Waals surface area (Å²) >= 11 is 2.45. The van der Waals surface area contributed by atoms with Crippen molar-refractivity contribution in [3.63, 3.8) is 0 Å². The van der Waals surface area contributed by atoms with Crippen LogP contribution in [0, 0.1) is 5.92 Å². The second-order valence-corrected chi connectivity index (χ2v) is 8.46. The topological polar surface area (TPSA) is 97.1 Å². The highest BCUT2D eigenvalue weighted by molar-refractivity contribution is 8.01. The Bertz CT molecular complexity index is 977. The third-order valence-electron chi connectivity index (χ3n) is 4.12. The number of aromatic nitrogens is 3. The van der Waals surface area contributed by atoms with Gasteiger partial charge < -0.3 is 9.67 Å². The van der Waals surface area contributed by atoms with Gasteiger partial charge in [-0.2, -0.15) is 0 Å². The molecule has 26 heavy (non-hydrogen) atoms. The average molecular weight is 388 g/mol. The first-order chi connectivity index (χ1) is 12.6. The van der Waals surface area contributed by atoms with E-state index in [1.165, 1.54) is 35.9 Å². The molecule has 0 aliphatic heterocycles. The molecule has 0 atom stereocenters. The average Bonchev–Trinajstić information content (AvgIpc) is 3.20. The van der Waals surface area contributed by atoms with Gasteiger partial charge in [0.15, 0.2) is 5.13 Å². The lowest BCUT2D eigenvalue weighted by molar-refractivity contribution is -0.133. The smallest absolute Gasteiger partial charge is 0.313 e. The van der Waals surface area contributed by atoms with Gasteiger partial charge in [-0.05, 0) is 24.8 Å². The molecular formula is C17H16N4O3S2. The van der Waals surface area contributed by atoms with Crippen LogP contribution in [0.2, 0.25) is 0 Å². The molecule has 0 aromatic carbocycles. The van der Waals surface area contributed by atoms with Crippen LogP contribution >= 0.6 is 23.1 Å². The van der Waals surface area contributed by atoms with Gasteiger partial charge in [-0.3, -0.25) is 19.9 Å². The number of thiazole rings is 1. The summed E-state index contributed by atoms with van der Waals surface area (Å²) in [7, 11) is 0. The predicted octanol–water partition coefficient (Wildman–Crippen LogP) is 3.33. The molecule has 0 unspecified atom stereocenters. The number of nitrogens with one attached hydrogen (secondary N) is 1. The van der Waals surface area contributed by atoms with E-state index in [1.807, 2.05) is 12.3 Å². The molecule has 1 amide bonds. The number of carbonyl (C=O) groups excluding carboxylic acids is 1. The Morgan fingerprint density at radius 2 is 2.23 bits per heavy atom. The highest BCUT2D eigenvalue weighted by atomic mass is 32.2. The maximum Gasteiger partial charge on any atom is 0.313 e. The Hall–Kier alpha value is -2.39. The third-order valence-corrected chi connectivity index (χ3v) is 6.22. The molecule has 0 saturated heterocycles. The van der Waals surface area contributed by atoms with E-state index in [1.54, 1.807) is 18.6 Å². The second-order valence-electron chi connectivity index (χ2n) is 6.15. The highest BCUT2D eigenvalue weighted by Gasteiger charge is 2.24. The predicted molar refractivity (Wildman–Crippen MR) is 101 cm³/mol. The SMILES string of the molecule is O=C(O)CSc1cnc(NC(=O)c2cn(CC3CC3)c3cnccc23)s1. The van der Waals surface area contributed by atoms with Crippen molar-refractivity contribution in [2.75, 3.05) is 11.1 Å². The first-order valence-electron chi connectivity index (χ1n) is 8.15. The number of carboxylic acids is 1. The molecule has 3 aromatic heterocycles. The number of rotatable bonds is 7. The summed E-state index contributed by atoms with van der Waals surface area (Å²) in [4.78, 5) is 31.7. The fourth-order valence-corrected chi connectivity index (χ4v) is 4.32. The summed E-state index contributed by atoms with van der Waals surface area (Å²) < 4.78 is 2.85. The number of pyridine rings is 1. The van der Waals surface area contributed by atoms with E-state index < -0.39 is 5.97 Å². The summed E-state index contributed by atoms with van der Waals surface area (Å²) in [6.45, 7) is 0.905. The maximum absolute atomic E-state index is 12.7. The van der Waals surface area contributed by atoms with Crippen molar-refractivity contribution in [2.24, 2.45) is 5.92 Å². The second kappa shape index (κ2) is 7.08. The summed E-state index contributed by atoms with van der Waals surface area (Å²) in [5.41, 5.74) is 1.55. The van der Waals surface area contributed by atoms with Crippen molar-refractivity contribution in [2.45, 2.75) is 23.6 Å². The van der Waals surface area contributed by atoms with Crippen LogP contribution in [0.25, 0.3) is 10.9 Å². The molecule has 0 spiro atoms. The lowest BCUT2D eigenvalue weighted by Crippen LogP contribution is -2.11. The first kappa shape index (κ1) is 17.0. The van der Waals surface area contributed by atoms with Gasteiger partial charge >= 0.3 is 5.97 Å². The number of aliphatic carboxylic acids is 1. The van der Waals surface area contributed by atoms with E-state index in [9.17, 15) is 9.59 Å². The number of carbonyl (C=O) groups is 2. The van der Waals surface area contributed by atoms with Gasteiger partial charge in [-0.25, -0.2) is 4.98 Å². The monoisotopic (exact) mass is 388 g/mol. The van der Waals surface area contributed by atoms with Gasteiger partial charge in [0.25, 0.3) is 5.91 Å². The Kier molecular flexibility index (Phi) is 4.64. The standard InChI is InChI=1S/C17H16N4O3S2/c22-14(23)9-25-15-6-19-17(26-15)20-16(24)12-8-21(7-10-1-2-10)13-5-18-4-3-11(12)13/h3-6,8,10H,1-2,7,9H2,(H,22,23)(H,19,20,24). The van der Waals surface area contributed by atoms with Gasteiger partial charge in [0, 0.05) is 24.3 Å². The zero-order chi connectivity index (χ0) is 18.1. The molecule has 4 rings (SSSR count). The summed E-state index contributed by atoms with van der Waals surface area (Å²) in [5.74, 6) is -0.447. The molecule has 134 valence electrons. The van der Waals surface area contributed by atoms with Gasteiger partial charge in [-0.15, -0.1) is 11.8 Å². The molecule has 1 aliphatic carbocycles. The number of hydrogen-bond acceptors (Lipinski definition) is 6. The number of anilines is 1. The van der Waals surface area contributed by atoms with Crippen LogP contribution in [0.3, 0.4) is 0 Å². The Balaban J connectivity index is 1.53. The van der Waals surface area contributed by atoms with Gasteiger partial charge in [-0.1, -0.05) is 11.3 Å². The molecule has 2 N–H and O–H groups in total. The van der Waals surface area contributed by atoms with Crippen LogP contribution in [0.4, 0.5) is 5.13 Å². The fraction of sp³-hybridized carbons (Fsp3) is 0.294. The van der Waals surface area contributed by atoms with Crippen molar-refractivity contribution >= 4 is 51.0 Å². The molecule has 1 saturated carbocycles. The zero-order valence-corrected chi connectivity index (χ0v) is 15.3. The molecule has 3 heterocycles. The molecule has 1 aliphatic rings. The quantitative estimate of drug-likeness (QED) is 0.603. The zero-order valence-electron chi connectivity index (χ0n) is 13.7. The molecule has 9 heteroatoms. The molecule has 1 fully saturated rings. The van der Waals surface area contributed by atoms with Crippen LogP contribution < -0.4 is 5.32 Å². The van der Waals surface area contributed by atoms with E-state index in [-0.39, 0.29) is 11.7 Å².